The number of allylic oxidation sites excluding steroid dienone is 7. The Bertz CT molecular complexity index is 1230. The van der Waals surface area contributed by atoms with Gasteiger partial charge in [0.15, 0.2) is 0 Å². The molecule has 0 aliphatic rings. The molecule has 0 saturated carbocycles. The Labute approximate surface area is 230 Å². The summed E-state index contributed by atoms with van der Waals surface area (Å²) in [5.74, 6) is -0.561. The molecule has 2 rings (SSSR count). The number of aryl methyl sites for hydroxylation is 1. The van der Waals surface area contributed by atoms with Crippen molar-refractivity contribution in [3.8, 4) is 0 Å². The van der Waals surface area contributed by atoms with E-state index in [1.165, 1.54) is 0 Å². The smallest absolute Gasteiger partial charge is 0.303 e. The molecule has 1 heterocycles. The number of nitrogens with one attached hydrogen (secondary N) is 1. The number of carboxylic acids is 1. The van der Waals surface area contributed by atoms with Crippen LogP contribution in [0.1, 0.15) is 54.9 Å². The van der Waals surface area contributed by atoms with E-state index in [1.54, 1.807) is 30.4 Å². The molecular weight excluding hydrogens is 500 g/mol. The SMILES string of the molecule is C=C/C=C(\C=C)c1nc2ccc(C(=O)NCCN(CC)C(/C=C\CCl)=C/C)cc2nc1CCCCC(=O)O. The quantitative estimate of drug-likeness (QED) is 0.157. The molecule has 0 aliphatic heterocycles. The highest BCUT2D eigenvalue weighted by Gasteiger charge is 2.14. The first kappa shape index (κ1) is 30.5. The fourth-order valence-electron chi connectivity index (χ4n) is 4.00. The molecule has 0 radical (unpaired) electrons. The van der Waals surface area contributed by atoms with Crippen LogP contribution in [0.3, 0.4) is 0 Å². The standard InChI is InChI=1S/C30H37ClN4O3/c1-5-12-22(6-2)29-26(14-9-10-15-28(36)37)33-27-21-23(16-17-25(27)34-29)30(38)32-19-20-35(8-4)24(7-3)13-11-18-31/h5-7,11-13,16-17,21H,1-2,8-10,14-15,18-20H2,3-4H3,(H,32,38)(H,36,37)/b13-11-,22-12+,24-7+. The lowest BCUT2D eigenvalue weighted by Crippen LogP contribution is -2.34. The Balaban J connectivity index is 2.24. The van der Waals surface area contributed by atoms with Crippen LogP contribution in [-0.4, -0.2) is 57.4 Å². The third kappa shape index (κ3) is 8.99. The molecule has 0 spiro atoms. The van der Waals surface area contributed by atoms with Crippen LogP contribution in [0.25, 0.3) is 16.6 Å². The van der Waals surface area contributed by atoms with E-state index >= 15 is 0 Å². The van der Waals surface area contributed by atoms with Crippen LogP contribution in [0.5, 0.6) is 0 Å². The number of nitrogens with zero attached hydrogens (tertiary/aromatic N) is 3. The fraction of sp³-hybridized carbons (Fsp3) is 0.333. The summed E-state index contributed by atoms with van der Waals surface area (Å²) in [5.41, 5.74) is 5.01. The minimum Gasteiger partial charge on any atom is -0.481 e. The molecule has 0 aliphatic carbocycles. The number of carbonyl (C=O) groups is 2. The van der Waals surface area contributed by atoms with Crippen molar-refractivity contribution in [1.82, 2.24) is 20.2 Å². The monoisotopic (exact) mass is 536 g/mol. The molecule has 0 atom stereocenters. The number of hydrogen-bond acceptors (Lipinski definition) is 5. The summed E-state index contributed by atoms with van der Waals surface area (Å²) in [4.78, 5) is 35.6. The maximum Gasteiger partial charge on any atom is 0.303 e. The van der Waals surface area contributed by atoms with Gasteiger partial charge in [0.05, 0.1) is 22.4 Å². The van der Waals surface area contributed by atoms with Gasteiger partial charge in [0, 0.05) is 48.8 Å². The number of likely N-dealkylation sites (N-methyl/N-ethyl adjacent to an activating group) is 1. The number of benzene rings is 1. The lowest BCUT2D eigenvalue weighted by molar-refractivity contribution is -0.137. The number of halogens is 1. The van der Waals surface area contributed by atoms with Gasteiger partial charge in [0.25, 0.3) is 5.91 Å². The number of rotatable bonds is 16. The summed E-state index contributed by atoms with van der Waals surface area (Å²) in [6.07, 6.45) is 12.9. The predicted octanol–water partition coefficient (Wildman–Crippen LogP) is 5.93. The highest BCUT2D eigenvalue weighted by Crippen LogP contribution is 2.23. The fourth-order valence-corrected chi connectivity index (χ4v) is 4.09. The van der Waals surface area contributed by atoms with E-state index in [2.05, 4.69) is 30.3 Å². The Hall–Kier alpha value is -3.71. The van der Waals surface area contributed by atoms with Crippen molar-refractivity contribution in [3.05, 3.63) is 90.5 Å². The molecule has 1 amide bonds. The lowest BCUT2D eigenvalue weighted by atomic mass is 10.0. The molecule has 0 bridgehead atoms. The molecule has 1 aromatic heterocycles. The molecule has 2 N–H and O–H groups in total. The molecule has 1 aromatic carbocycles. The number of amides is 1. The molecule has 202 valence electrons. The Morgan fingerprint density at radius 3 is 2.61 bits per heavy atom. The zero-order valence-electron chi connectivity index (χ0n) is 22.3. The third-order valence-electron chi connectivity index (χ3n) is 5.93. The van der Waals surface area contributed by atoms with Gasteiger partial charge in [-0.15, -0.1) is 11.6 Å². The number of aromatic nitrogens is 2. The van der Waals surface area contributed by atoms with Gasteiger partial charge in [-0.1, -0.05) is 43.5 Å². The second-order valence-corrected chi connectivity index (χ2v) is 8.80. The van der Waals surface area contributed by atoms with Gasteiger partial charge in [0.1, 0.15) is 0 Å². The van der Waals surface area contributed by atoms with Crippen LogP contribution in [0.15, 0.2) is 73.5 Å². The molecular formula is C30H37ClN4O3. The second kappa shape index (κ2) is 16.2. The second-order valence-electron chi connectivity index (χ2n) is 8.49. The number of unbranched alkanes of at least 4 members (excludes halogenated alkanes) is 1. The van der Waals surface area contributed by atoms with E-state index in [-0.39, 0.29) is 12.3 Å². The minimum absolute atomic E-state index is 0.103. The van der Waals surface area contributed by atoms with E-state index < -0.39 is 5.97 Å². The van der Waals surface area contributed by atoms with Crippen LogP contribution >= 0.6 is 11.6 Å². The third-order valence-corrected chi connectivity index (χ3v) is 6.11. The molecule has 0 unspecified atom stereocenters. The normalized spacial score (nSPS) is 12.1. The first-order valence-corrected chi connectivity index (χ1v) is 13.3. The maximum absolute atomic E-state index is 12.9. The summed E-state index contributed by atoms with van der Waals surface area (Å²) in [7, 11) is 0. The topological polar surface area (TPSA) is 95.4 Å². The van der Waals surface area contributed by atoms with Crippen LogP contribution in [0, 0.1) is 0 Å². The summed E-state index contributed by atoms with van der Waals surface area (Å²) in [6.45, 7) is 13.6. The van der Waals surface area contributed by atoms with Crippen molar-refractivity contribution < 1.29 is 14.7 Å². The van der Waals surface area contributed by atoms with E-state index in [1.807, 2.05) is 31.2 Å². The zero-order valence-corrected chi connectivity index (χ0v) is 23.0. The number of hydrogen-bond donors (Lipinski definition) is 2. The Kier molecular flexibility index (Phi) is 13.0. The summed E-state index contributed by atoms with van der Waals surface area (Å²) < 4.78 is 0. The highest BCUT2D eigenvalue weighted by molar-refractivity contribution is 6.18. The van der Waals surface area contributed by atoms with Crippen molar-refractivity contribution in [3.63, 3.8) is 0 Å². The van der Waals surface area contributed by atoms with Crippen LogP contribution in [0.2, 0.25) is 0 Å². The van der Waals surface area contributed by atoms with Crippen molar-refractivity contribution in [2.24, 2.45) is 0 Å². The van der Waals surface area contributed by atoms with Crippen molar-refractivity contribution in [2.45, 2.75) is 39.5 Å². The van der Waals surface area contributed by atoms with Gasteiger partial charge in [-0.3, -0.25) is 9.59 Å². The van der Waals surface area contributed by atoms with Gasteiger partial charge in [-0.25, -0.2) is 9.97 Å². The summed E-state index contributed by atoms with van der Waals surface area (Å²) >= 11 is 5.77. The van der Waals surface area contributed by atoms with Crippen LogP contribution in [0.4, 0.5) is 0 Å². The summed E-state index contributed by atoms with van der Waals surface area (Å²) in [5, 5.41) is 11.9. The van der Waals surface area contributed by atoms with Crippen molar-refractivity contribution >= 4 is 40.1 Å². The molecule has 2 aromatic rings. The van der Waals surface area contributed by atoms with Gasteiger partial charge in [-0.05, 0) is 57.4 Å². The van der Waals surface area contributed by atoms with Gasteiger partial charge < -0.3 is 15.3 Å². The van der Waals surface area contributed by atoms with Gasteiger partial charge >= 0.3 is 5.97 Å². The lowest BCUT2D eigenvalue weighted by Gasteiger charge is -2.24. The average Bonchev–Trinajstić information content (AvgIpc) is 2.92. The highest BCUT2D eigenvalue weighted by atomic mass is 35.5. The van der Waals surface area contributed by atoms with Crippen molar-refractivity contribution in [1.29, 1.82) is 0 Å². The zero-order chi connectivity index (χ0) is 27.9. The number of alkyl halides is 1. The van der Waals surface area contributed by atoms with Crippen LogP contribution in [-0.2, 0) is 11.2 Å². The first-order chi connectivity index (χ1) is 18.4. The predicted molar refractivity (Wildman–Crippen MR) is 156 cm³/mol. The van der Waals surface area contributed by atoms with E-state index in [9.17, 15) is 9.59 Å². The Morgan fingerprint density at radius 1 is 1.18 bits per heavy atom. The number of carbonyl (C=O) groups excluding carboxylic acids is 1. The summed E-state index contributed by atoms with van der Waals surface area (Å²) in [6, 6.07) is 5.27. The number of fused-ring (bicyclic) bond motifs is 1. The molecule has 0 saturated heterocycles. The number of carboxylic acid groups (broad SMARTS) is 1. The number of aliphatic carboxylic acids is 1. The molecule has 7 nitrogen and oxygen atoms in total. The van der Waals surface area contributed by atoms with E-state index in [0.29, 0.717) is 60.5 Å². The van der Waals surface area contributed by atoms with E-state index in [4.69, 9.17) is 26.7 Å². The van der Waals surface area contributed by atoms with E-state index in [0.717, 1.165) is 23.5 Å². The first-order valence-electron chi connectivity index (χ1n) is 12.8. The molecule has 0 fully saturated rings. The van der Waals surface area contributed by atoms with Crippen LogP contribution < -0.4 is 5.32 Å². The molecule has 8 heteroatoms. The average molecular weight is 537 g/mol. The maximum atomic E-state index is 12.9. The van der Waals surface area contributed by atoms with Gasteiger partial charge in [0.2, 0.25) is 0 Å². The largest absolute Gasteiger partial charge is 0.481 e. The van der Waals surface area contributed by atoms with Gasteiger partial charge in [-0.2, -0.15) is 0 Å². The van der Waals surface area contributed by atoms with Crippen molar-refractivity contribution in [2.75, 3.05) is 25.5 Å². The minimum atomic E-state index is -0.820. The Morgan fingerprint density at radius 2 is 1.97 bits per heavy atom. The molecule has 38 heavy (non-hydrogen) atoms.